The van der Waals surface area contributed by atoms with Crippen molar-refractivity contribution in [2.45, 2.75) is 32.4 Å². The summed E-state index contributed by atoms with van der Waals surface area (Å²) < 4.78 is 33.0. The molecule has 2 aromatic rings. The van der Waals surface area contributed by atoms with Gasteiger partial charge in [0.2, 0.25) is 0 Å². The molecule has 0 aliphatic carbocycles. The first-order valence-electron chi connectivity index (χ1n) is 9.77. The summed E-state index contributed by atoms with van der Waals surface area (Å²) in [6.45, 7) is 2.85. The summed E-state index contributed by atoms with van der Waals surface area (Å²) >= 11 is 0. The van der Waals surface area contributed by atoms with E-state index in [1.807, 2.05) is 0 Å². The van der Waals surface area contributed by atoms with Crippen LogP contribution < -0.4 is 4.18 Å². The van der Waals surface area contributed by atoms with Crippen LogP contribution in [-0.4, -0.2) is 49.7 Å². The lowest BCUT2D eigenvalue weighted by Gasteiger charge is -2.26. The zero-order valence-corrected chi connectivity index (χ0v) is 18.1. The van der Waals surface area contributed by atoms with Gasteiger partial charge in [0.25, 0.3) is 11.6 Å². The molecule has 9 nitrogen and oxygen atoms in total. The van der Waals surface area contributed by atoms with Crippen molar-refractivity contribution in [1.29, 1.82) is 0 Å². The van der Waals surface area contributed by atoms with Crippen molar-refractivity contribution in [3.8, 4) is 5.75 Å². The van der Waals surface area contributed by atoms with Gasteiger partial charge >= 0.3 is 10.1 Å². The van der Waals surface area contributed by atoms with E-state index < -0.39 is 15.0 Å². The van der Waals surface area contributed by atoms with Crippen LogP contribution in [0.2, 0.25) is 0 Å². The number of aryl methyl sites for hydroxylation is 1. The predicted molar refractivity (Wildman–Crippen MR) is 113 cm³/mol. The first-order valence-corrected chi connectivity index (χ1v) is 11.6. The molecule has 1 amide bonds. The highest BCUT2D eigenvalue weighted by molar-refractivity contribution is 7.86. The summed E-state index contributed by atoms with van der Waals surface area (Å²) in [7, 11) is -3.63. The molecule has 0 radical (unpaired) electrons. The summed E-state index contributed by atoms with van der Waals surface area (Å²) in [5, 5.41) is 11.3. The molecule has 1 aliphatic rings. The van der Waals surface area contributed by atoms with Crippen LogP contribution in [0.3, 0.4) is 0 Å². The standard InChI is InChI=1S/C21H24N2O7S/c1-15-5-8-17(12-20(15)23(25)26)21(24)22(14-19-4-3-11-29-19)13-16-6-9-18(10-7-16)30-31(2,27)28/h5-10,12,19H,3-4,11,13-14H2,1-2H3. The molecule has 1 heterocycles. The molecular formula is C21H24N2O7S. The Morgan fingerprint density at radius 2 is 1.97 bits per heavy atom. The summed E-state index contributed by atoms with van der Waals surface area (Å²) in [6.07, 6.45) is 2.61. The minimum Gasteiger partial charge on any atom is -0.383 e. The average molecular weight is 448 g/mol. The average Bonchev–Trinajstić information content (AvgIpc) is 3.20. The third-order valence-corrected chi connectivity index (χ3v) is 5.43. The third kappa shape index (κ3) is 6.25. The van der Waals surface area contributed by atoms with Crippen LogP contribution in [0.25, 0.3) is 0 Å². The van der Waals surface area contributed by atoms with E-state index in [0.717, 1.165) is 24.7 Å². The molecule has 0 aromatic heterocycles. The summed E-state index contributed by atoms with van der Waals surface area (Å²) in [4.78, 5) is 25.6. The number of rotatable bonds is 8. The number of hydrogen-bond acceptors (Lipinski definition) is 7. The molecule has 10 heteroatoms. The van der Waals surface area contributed by atoms with E-state index in [0.29, 0.717) is 18.7 Å². The second-order valence-electron chi connectivity index (χ2n) is 7.51. The fourth-order valence-electron chi connectivity index (χ4n) is 3.42. The van der Waals surface area contributed by atoms with Gasteiger partial charge in [0.15, 0.2) is 0 Å². The van der Waals surface area contributed by atoms with E-state index in [1.54, 1.807) is 36.1 Å². The number of carbonyl (C=O) groups excluding carboxylic acids is 1. The Hall–Kier alpha value is -2.98. The summed E-state index contributed by atoms with van der Waals surface area (Å²) in [6, 6.07) is 10.8. The van der Waals surface area contributed by atoms with Crippen molar-refractivity contribution in [1.82, 2.24) is 4.90 Å². The first kappa shape index (κ1) is 22.7. The van der Waals surface area contributed by atoms with E-state index in [9.17, 15) is 23.3 Å². The minimum atomic E-state index is -3.63. The van der Waals surface area contributed by atoms with Crippen LogP contribution >= 0.6 is 0 Å². The number of nitro groups is 1. The van der Waals surface area contributed by atoms with Crippen molar-refractivity contribution >= 4 is 21.7 Å². The zero-order chi connectivity index (χ0) is 22.6. The van der Waals surface area contributed by atoms with Crippen LogP contribution in [0.15, 0.2) is 42.5 Å². The van der Waals surface area contributed by atoms with Gasteiger partial charge in [-0.1, -0.05) is 18.2 Å². The Bertz CT molecular complexity index is 1060. The Kier molecular flexibility index (Phi) is 6.91. The molecule has 0 spiro atoms. The Morgan fingerprint density at radius 1 is 1.26 bits per heavy atom. The van der Waals surface area contributed by atoms with Gasteiger partial charge in [-0.3, -0.25) is 14.9 Å². The molecule has 166 valence electrons. The van der Waals surface area contributed by atoms with Crippen molar-refractivity contribution in [3.63, 3.8) is 0 Å². The second kappa shape index (κ2) is 9.44. The van der Waals surface area contributed by atoms with Gasteiger partial charge in [0.05, 0.1) is 17.3 Å². The molecule has 1 aliphatic heterocycles. The maximum atomic E-state index is 13.2. The van der Waals surface area contributed by atoms with Crippen molar-refractivity contribution < 1.29 is 27.1 Å². The number of carbonyl (C=O) groups is 1. The number of ether oxygens (including phenoxy) is 1. The monoisotopic (exact) mass is 448 g/mol. The highest BCUT2D eigenvalue weighted by atomic mass is 32.2. The van der Waals surface area contributed by atoms with E-state index in [4.69, 9.17) is 8.92 Å². The van der Waals surface area contributed by atoms with Gasteiger partial charge < -0.3 is 13.8 Å². The van der Waals surface area contributed by atoms with E-state index in [-0.39, 0.29) is 35.6 Å². The van der Waals surface area contributed by atoms with E-state index in [2.05, 4.69) is 0 Å². The SMILES string of the molecule is Cc1ccc(C(=O)N(Cc2ccc(OS(C)(=O)=O)cc2)CC2CCCO2)cc1[N+](=O)[O-]. The van der Waals surface area contributed by atoms with Crippen LogP contribution in [0.4, 0.5) is 5.69 Å². The fourth-order valence-corrected chi connectivity index (χ4v) is 3.88. The van der Waals surface area contributed by atoms with Gasteiger partial charge in [-0.25, -0.2) is 0 Å². The second-order valence-corrected chi connectivity index (χ2v) is 9.09. The summed E-state index contributed by atoms with van der Waals surface area (Å²) in [5.74, 6) is -0.160. The largest absolute Gasteiger partial charge is 0.383 e. The van der Waals surface area contributed by atoms with Crippen molar-refractivity contribution in [3.05, 3.63) is 69.3 Å². The van der Waals surface area contributed by atoms with Crippen LogP contribution in [-0.2, 0) is 21.4 Å². The molecule has 1 unspecified atom stereocenters. The van der Waals surface area contributed by atoms with Crippen LogP contribution in [0.1, 0.15) is 34.3 Å². The topological polar surface area (TPSA) is 116 Å². The lowest BCUT2D eigenvalue weighted by Crippen LogP contribution is -2.37. The number of nitrogens with zero attached hydrogens (tertiary/aromatic N) is 2. The van der Waals surface area contributed by atoms with Gasteiger partial charge in [-0.2, -0.15) is 8.42 Å². The first-order chi connectivity index (χ1) is 14.6. The third-order valence-electron chi connectivity index (χ3n) is 4.93. The van der Waals surface area contributed by atoms with Gasteiger partial charge in [0.1, 0.15) is 5.75 Å². The molecule has 1 atom stereocenters. The van der Waals surface area contributed by atoms with Gasteiger partial charge in [0, 0.05) is 36.9 Å². The molecule has 0 saturated carbocycles. The molecule has 2 aromatic carbocycles. The molecule has 1 saturated heterocycles. The highest BCUT2D eigenvalue weighted by Crippen LogP contribution is 2.23. The number of nitro benzene ring substituents is 1. The fraction of sp³-hybridized carbons (Fsp3) is 0.381. The van der Waals surface area contributed by atoms with Gasteiger partial charge in [-0.15, -0.1) is 0 Å². The van der Waals surface area contributed by atoms with Crippen LogP contribution in [0.5, 0.6) is 5.75 Å². The highest BCUT2D eigenvalue weighted by Gasteiger charge is 2.25. The molecule has 0 N–H and O–H groups in total. The number of amides is 1. The smallest absolute Gasteiger partial charge is 0.306 e. The van der Waals surface area contributed by atoms with Crippen LogP contribution in [0, 0.1) is 17.0 Å². The Morgan fingerprint density at radius 3 is 2.55 bits per heavy atom. The van der Waals surface area contributed by atoms with E-state index >= 15 is 0 Å². The Balaban J connectivity index is 1.83. The van der Waals surface area contributed by atoms with Crippen molar-refractivity contribution in [2.24, 2.45) is 0 Å². The molecule has 1 fully saturated rings. The van der Waals surface area contributed by atoms with E-state index in [1.165, 1.54) is 18.2 Å². The molecular weight excluding hydrogens is 424 g/mol. The zero-order valence-electron chi connectivity index (χ0n) is 17.3. The maximum absolute atomic E-state index is 13.2. The van der Waals surface area contributed by atoms with Crippen molar-refractivity contribution in [2.75, 3.05) is 19.4 Å². The maximum Gasteiger partial charge on any atom is 0.306 e. The lowest BCUT2D eigenvalue weighted by atomic mass is 10.1. The summed E-state index contributed by atoms with van der Waals surface area (Å²) in [5.41, 5.74) is 1.36. The molecule has 0 bridgehead atoms. The quantitative estimate of drug-likeness (QED) is 0.346. The molecule has 31 heavy (non-hydrogen) atoms. The van der Waals surface area contributed by atoms with Gasteiger partial charge in [-0.05, 0) is 43.5 Å². The normalized spacial score (nSPS) is 16.1. The lowest BCUT2D eigenvalue weighted by molar-refractivity contribution is -0.385. The number of hydrogen-bond donors (Lipinski definition) is 0. The minimum absolute atomic E-state index is 0.0998. The Labute approximate surface area is 180 Å². The predicted octanol–water partition coefficient (Wildman–Crippen LogP) is 3.06. The molecule has 3 rings (SSSR count). The number of benzene rings is 2.